The first-order chi connectivity index (χ1) is 6.88. The Morgan fingerprint density at radius 3 is 2.67 bits per heavy atom. The minimum atomic E-state index is -4.20. The molecule has 6 heteroatoms. The average Bonchev–Trinajstić information content (AvgIpc) is 2.45. The molecule has 1 heterocycles. The molecule has 3 nitrogen and oxygen atoms in total. The molecule has 0 unspecified atom stereocenters. The van der Waals surface area contributed by atoms with E-state index in [-0.39, 0.29) is 6.04 Å². The van der Waals surface area contributed by atoms with Gasteiger partial charge in [-0.2, -0.15) is 13.2 Å². The van der Waals surface area contributed by atoms with Crippen molar-refractivity contribution in [2.45, 2.75) is 39.2 Å². The van der Waals surface area contributed by atoms with Crippen molar-refractivity contribution >= 4 is 0 Å². The van der Waals surface area contributed by atoms with Gasteiger partial charge in [0.15, 0.2) is 0 Å². The highest BCUT2D eigenvalue weighted by atomic mass is 19.4. The SMILES string of the molecule is CC(C)NCc1cncn1CC(F)(F)F. The molecule has 0 bridgehead atoms. The zero-order valence-electron chi connectivity index (χ0n) is 8.67. The second-order valence-corrected chi connectivity index (χ2v) is 3.66. The highest BCUT2D eigenvalue weighted by Crippen LogP contribution is 2.18. The highest BCUT2D eigenvalue weighted by molar-refractivity contribution is 4.98. The van der Waals surface area contributed by atoms with Crippen LogP contribution in [0.4, 0.5) is 13.2 Å². The van der Waals surface area contributed by atoms with Crippen LogP contribution in [0.1, 0.15) is 19.5 Å². The Morgan fingerprint density at radius 1 is 1.47 bits per heavy atom. The minimum Gasteiger partial charge on any atom is -0.324 e. The quantitative estimate of drug-likeness (QED) is 0.842. The van der Waals surface area contributed by atoms with E-state index < -0.39 is 12.7 Å². The lowest BCUT2D eigenvalue weighted by Gasteiger charge is -2.12. The van der Waals surface area contributed by atoms with Gasteiger partial charge in [0.25, 0.3) is 0 Å². The number of halogens is 3. The van der Waals surface area contributed by atoms with Crippen LogP contribution >= 0.6 is 0 Å². The van der Waals surface area contributed by atoms with Crippen molar-refractivity contribution in [3.63, 3.8) is 0 Å². The molecule has 0 radical (unpaired) electrons. The molecule has 86 valence electrons. The topological polar surface area (TPSA) is 29.9 Å². The first kappa shape index (κ1) is 12.0. The summed E-state index contributed by atoms with van der Waals surface area (Å²) in [5.74, 6) is 0. The van der Waals surface area contributed by atoms with Gasteiger partial charge in [0.1, 0.15) is 6.54 Å². The maximum Gasteiger partial charge on any atom is 0.406 e. The van der Waals surface area contributed by atoms with E-state index in [1.807, 2.05) is 13.8 Å². The summed E-state index contributed by atoms with van der Waals surface area (Å²) in [6.07, 6.45) is -1.56. The minimum absolute atomic E-state index is 0.235. The summed E-state index contributed by atoms with van der Waals surface area (Å²) in [6.45, 7) is 3.28. The van der Waals surface area contributed by atoms with Gasteiger partial charge in [-0.05, 0) is 0 Å². The molecule has 1 aromatic rings. The zero-order valence-corrected chi connectivity index (χ0v) is 8.67. The molecule has 1 rings (SSSR count). The van der Waals surface area contributed by atoms with E-state index in [1.54, 1.807) is 0 Å². The summed E-state index contributed by atoms with van der Waals surface area (Å²) in [7, 11) is 0. The monoisotopic (exact) mass is 221 g/mol. The fraction of sp³-hybridized carbons (Fsp3) is 0.667. The fourth-order valence-electron chi connectivity index (χ4n) is 1.14. The molecular formula is C9H14F3N3. The first-order valence-corrected chi connectivity index (χ1v) is 4.67. The molecule has 0 aliphatic rings. The van der Waals surface area contributed by atoms with Gasteiger partial charge in [0.2, 0.25) is 0 Å². The van der Waals surface area contributed by atoms with E-state index in [1.165, 1.54) is 12.5 Å². The van der Waals surface area contributed by atoms with Gasteiger partial charge in [-0.3, -0.25) is 0 Å². The van der Waals surface area contributed by atoms with Gasteiger partial charge >= 0.3 is 6.18 Å². The standard InChI is InChI=1S/C9H14F3N3/c1-7(2)14-4-8-3-13-6-15(8)5-9(10,11)12/h3,6-7,14H,4-5H2,1-2H3. The van der Waals surface area contributed by atoms with Crippen LogP contribution in [0.15, 0.2) is 12.5 Å². The number of nitrogens with zero attached hydrogens (tertiary/aromatic N) is 2. The molecule has 0 amide bonds. The molecule has 0 spiro atoms. The third-order valence-corrected chi connectivity index (χ3v) is 1.84. The number of hydrogen-bond acceptors (Lipinski definition) is 2. The lowest BCUT2D eigenvalue weighted by atomic mass is 10.3. The second kappa shape index (κ2) is 4.65. The zero-order chi connectivity index (χ0) is 11.5. The van der Waals surface area contributed by atoms with Gasteiger partial charge < -0.3 is 9.88 Å². The normalized spacial score (nSPS) is 12.4. The lowest BCUT2D eigenvalue weighted by Crippen LogP contribution is -2.25. The first-order valence-electron chi connectivity index (χ1n) is 4.67. The molecule has 0 saturated carbocycles. The van der Waals surface area contributed by atoms with E-state index in [4.69, 9.17) is 0 Å². The maximum absolute atomic E-state index is 12.1. The van der Waals surface area contributed by atoms with Crippen molar-refractivity contribution in [1.29, 1.82) is 0 Å². The number of aromatic nitrogens is 2. The lowest BCUT2D eigenvalue weighted by molar-refractivity contribution is -0.141. The predicted molar refractivity (Wildman–Crippen MR) is 50.3 cm³/mol. The Bertz CT molecular complexity index is 304. The Balaban J connectivity index is 2.61. The molecule has 1 aromatic heterocycles. The summed E-state index contributed by atoms with van der Waals surface area (Å²) < 4.78 is 37.5. The third kappa shape index (κ3) is 4.33. The van der Waals surface area contributed by atoms with Crippen molar-refractivity contribution in [2.24, 2.45) is 0 Å². The highest BCUT2D eigenvalue weighted by Gasteiger charge is 2.28. The molecule has 1 N–H and O–H groups in total. The van der Waals surface area contributed by atoms with Gasteiger partial charge in [0, 0.05) is 18.8 Å². The van der Waals surface area contributed by atoms with Crippen LogP contribution in [-0.2, 0) is 13.1 Å². The molecule has 0 fully saturated rings. The summed E-state index contributed by atoms with van der Waals surface area (Å²) in [6, 6.07) is 0.235. The van der Waals surface area contributed by atoms with Crippen LogP contribution in [0.2, 0.25) is 0 Å². The van der Waals surface area contributed by atoms with Crippen molar-refractivity contribution < 1.29 is 13.2 Å². The van der Waals surface area contributed by atoms with Crippen LogP contribution < -0.4 is 5.32 Å². The van der Waals surface area contributed by atoms with Crippen LogP contribution in [0, 0.1) is 0 Å². The van der Waals surface area contributed by atoms with Crippen molar-refractivity contribution in [2.75, 3.05) is 0 Å². The Morgan fingerprint density at radius 2 is 2.13 bits per heavy atom. The number of imidazole rings is 1. The average molecular weight is 221 g/mol. The number of rotatable bonds is 4. The van der Waals surface area contributed by atoms with E-state index in [9.17, 15) is 13.2 Å². The van der Waals surface area contributed by atoms with Gasteiger partial charge in [-0.1, -0.05) is 13.8 Å². The van der Waals surface area contributed by atoms with E-state index in [0.717, 1.165) is 4.57 Å². The Kier molecular flexibility index (Phi) is 3.73. The van der Waals surface area contributed by atoms with E-state index in [0.29, 0.717) is 12.2 Å². The molecular weight excluding hydrogens is 207 g/mol. The molecule has 0 aromatic carbocycles. The Labute approximate surface area is 86.3 Å². The van der Waals surface area contributed by atoms with Crippen LogP contribution in [0.25, 0.3) is 0 Å². The fourth-order valence-corrected chi connectivity index (χ4v) is 1.14. The maximum atomic E-state index is 12.1. The third-order valence-electron chi connectivity index (χ3n) is 1.84. The van der Waals surface area contributed by atoms with E-state index >= 15 is 0 Å². The molecule has 0 saturated heterocycles. The van der Waals surface area contributed by atoms with Crippen LogP contribution in [0.5, 0.6) is 0 Å². The van der Waals surface area contributed by atoms with Gasteiger partial charge in [-0.15, -0.1) is 0 Å². The summed E-state index contributed by atoms with van der Waals surface area (Å²) in [4.78, 5) is 3.71. The van der Waals surface area contributed by atoms with Crippen molar-refractivity contribution in [3.8, 4) is 0 Å². The van der Waals surface area contributed by atoms with E-state index in [2.05, 4.69) is 10.3 Å². The van der Waals surface area contributed by atoms with Crippen molar-refractivity contribution in [3.05, 3.63) is 18.2 Å². The van der Waals surface area contributed by atoms with Gasteiger partial charge in [-0.25, -0.2) is 4.98 Å². The van der Waals surface area contributed by atoms with Crippen molar-refractivity contribution in [1.82, 2.24) is 14.9 Å². The Hall–Kier alpha value is -1.04. The van der Waals surface area contributed by atoms with Gasteiger partial charge in [0.05, 0.1) is 12.0 Å². The second-order valence-electron chi connectivity index (χ2n) is 3.66. The van der Waals surface area contributed by atoms with Crippen LogP contribution in [0.3, 0.4) is 0 Å². The summed E-state index contributed by atoms with van der Waals surface area (Å²) >= 11 is 0. The predicted octanol–water partition coefficient (Wildman–Crippen LogP) is 1.94. The summed E-state index contributed by atoms with van der Waals surface area (Å²) in [5, 5.41) is 3.05. The largest absolute Gasteiger partial charge is 0.406 e. The number of hydrogen-bond donors (Lipinski definition) is 1. The smallest absolute Gasteiger partial charge is 0.324 e. The van der Waals surface area contributed by atoms with Crippen LogP contribution in [-0.4, -0.2) is 21.8 Å². The molecule has 15 heavy (non-hydrogen) atoms. The number of alkyl halides is 3. The molecule has 0 aliphatic heterocycles. The molecule has 0 aliphatic carbocycles. The summed E-state index contributed by atoms with van der Waals surface area (Å²) in [5.41, 5.74) is 0.543. The number of nitrogens with one attached hydrogen (secondary N) is 1. The molecule has 0 atom stereocenters.